The fourth-order valence-corrected chi connectivity index (χ4v) is 2.40. The Morgan fingerprint density at radius 1 is 1.53 bits per heavy atom. The average molecular weight is 253 g/mol. The summed E-state index contributed by atoms with van der Waals surface area (Å²) in [6.45, 7) is 2.30. The van der Waals surface area contributed by atoms with Crippen LogP contribution in [0, 0.1) is 5.92 Å². The number of carbonyl (C=O) groups excluding carboxylic acids is 1. The van der Waals surface area contributed by atoms with Gasteiger partial charge in [-0.25, -0.2) is 0 Å². The molecule has 0 aromatic heterocycles. The molecule has 2 N–H and O–H groups in total. The molecule has 2 rings (SSSR count). The van der Waals surface area contributed by atoms with Crippen LogP contribution in [0.25, 0.3) is 0 Å². The Balaban J connectivity index is 1.93. The normalized spacial score (nSPS) is 19.6. The minimum atomic E-state index is 0.170. The molecule has 1 aliphatic heterocycles. The van der Waals surface area contributed by atoms with E-state index in [1.54, 1.807) is 0 Å². The van der Waals surface area contributed by atoms with E-state index in [1.807, 2.05) is 29.2 Å². The summed E-state index contributed by atoms with van der Waals surface area (Å²) in [6, 6.07) is 7.46. The number of nitrogens with two attached hydrogens (primary N) is 1. The Hall–Kier alpha value is -1.06. The summed E-state index contributed by atoms with van der Waals surface area (Å²) in [7, 11) is 0. The van der Waals surface area contributed by atoms with E-state index in [9.17, 15) is 4.79 Å². The van der Waals surface area contributed by atoms with Gasteiger partial charge in [-0.05, 0) is 36.6 Å². The van der Waals surface area contributed by atoms with Gasteiger partial charge in [-0.15, -0.1) is 0 Å². The Morgan fingerprint density at radius 2 is 2.35 bits per heavy atom. The molecule has 0 radical (unpaired) electrons. The molecule has 0 spiro atoms. The first-order valence-corrected chi connectivity index (χ1v) is 6.29. The number of amides is 1. The molecule has 1 aliphatic rings. The van der Waals surface area contributed by atoms with Gasteiger partial charge in [0.25, 0.3) is 0 Å². The van der Waals surface area contributed by atoms with Crippen molar-refractivity contribution in [2.45, 2.75) is 12.8 Å². The monoisotopic (exact) mass is 252 g/mol. The van der Waals surface area contributed by atoms with Crippen molar-refractivity contribution in [2.75, 3.05) is 19.6 Å². The van der Waals surface area contributed by atoms with Gasteiger partial charge in [-0.3, -0.25) is 4.79 Å². The zero-order valence-corrected chi connectivity index (χ0v) is 10.5. The Bertz CT molecular complexity index is 408. The lowest BCUT2D eigenvalue weighted by atomic mass is 10.1. The summed E-state index contributed by atoms with van der Waals surface area (Å²) in [6.07, 6.45) is 1.45. The van der Waals surface area contributed by atoms with Gasteiger partial charge in [0.15, 0.2) is 0 Å². The number of hydrogen-bond donors (Lipinski definition) is 1. The first kappa shape index (κ1) is 12.4. The van der Waals surface area contributed by atoms with E-state index in [4.69, 9.17) is 17.3 Å². The number of likely N-dealkylation sites (tertiary alicyclic amines) is 1. The molecule has 1 heterocycles. The lowest BCUT2D eigenvalue weighted by molar-refractivity contribution is -0.129. The molecule has 0 aliphatic carbocycles. The third-order valence-electron chi connectivity index (χ3n) is 3.22. The van der Waals surface area contributed by atoms with Gasteiger partial charge >= 0.3 is 0 Å². The minimum absolute atomic E-state index is 0.170. The van der Waals surface area contributed by atoms with Gasteiger partial charge < -0.3 is 10.6 Å². The van der Waals surface area contributed by atoms with Crippen molar-refractivity contribution in [3.8, 4) is 0 Å². The quantitative estimate of drug-likeness (QED) is 0.890. The molecule has 0 unspecified atom stereocenters. The van der Waals surface area contributed by atoms with Gasteiger partial charge in [0, 0.05) is 18.1 Å². The topological polar surface area (TPSA) is 46.3 Å². The van der Waals surface area contributed by atoms with Gasteiger partial charge in [0.1, 0.15) is 0 Å². The molecule has 0 saturated carbocycles. The highest BCUT2D eigenvalue weighted by atomic mass is 35.5. The highest BCUT2D eigenvalue weighted by molar-refractivity contribution is 6.30. The molecule has 3 nitrogen and oxygen atoms in total. The van der Waals surface area contributed by atoms with E-state index in [0.29, 0.717) is 23.9 Å². The third-order valence-corrected chi connectivity index (χ3v) is 3.45. The van der Waals surface area contributed by atoms with Crippen molar-refractivity contribution in [3.05, 3.63) is 34.9 Å². The van der Waals surface area contributed by atoms with E-state index in [1.165, 1.54) is 0 Å². The van der Waals surface area contributed by atoms with E-state index in [2.05, 4.69) is 0 Å². The van der Waals surface area contributed by atoms with E-state index in [0.717, 1.165) is 25.1 Å². The standard InChI is InChI=1S/C13H17ClN2O/c14-12-3-1-2-10(6-12)7-13(17)16-5-4-11(8-15)9-16/h1-3,6,11H,4-5,7-9,15H2/t11-/m1/s1. The van der Waals surface area contributed by atoms with Crippen LogP contribution in [0.3, 0.4) is 0 Å². The van der Waals surface area contributed by atoms with Gasteiger partial charge in [0.05, 0.1) is 6.42 Å². The molecule has 92 valence electrons. The Labute approximate surface area is 107 Å². The molecule has 1 fully saturated rings. The van der Waals surface area contributed by atoms with Crippen LogP contribution in [0.15, 0.2) is 24.3 Å². The lowest BCUT2D eigenvalue weighted by Crippen LogP contribution is -2.31. The van der Waals surface area contributed by atoms with Crippen molar-refractivity contribution in [1.29, 1.82) is 0 Å². The van der Waals surface area contributed by atoms with Crippen molar-refractivity contribution in [1.82, 2.24) is 4.90 Å². The number of benzene rings is 1. The first-order chi connectivity index (χ1) is 8.19. The van der Waals surface area contributed by atoms with Crippen molar-refractivity contribution >= 4 is 17.5 Å². The van der Waals surface area contributed by atoms with Crippen molar-refractivity contribution in [2.24, 2.45) is 11.7 Å². The molecule has 4 heteroatoms. The number of nitrogens with zero attached hydrogens (tertiary/aromatic N) is 1. The predicted octanol–water partition coefficient (Wildman–Crippen LogP) is 1.69. The van der Waals surface area contributed by atoms with Crippen LogP contribution in [-0.2, 0) is 11.2 Å². The molecular formula is C13H17ClN2O. The molecule has 1 atom stereocenters. The van der Waals surface area contributed by atoms with E-state index < -0.39 is 0 Å². The van der Waals surface area contributed by atoms with Gasteiger partial charge in [0.2, 0.25) is 5.91 Å². The van der Waals surface area contributed by atoms with Crippen LogP contribution < -0.4 is 5.73 Å². The Kier molecular flexibility index (Phi) is 4.02. The lowest BCUT2D eigenvalue weighted by Gasteiger charge is -2.16. The molecule has 1 aromatic carbocycles. The van der Waals surface area contributed by atoms with Crippen molar-refractivity contribution < 1.29 is 4.79 Å². The second-order valence-electron chi connectivity index (χ2n) is 4.54. The van der Waals surface area contributed by atoms with Crippen molar-refractivity contribution in [3.63, 3.8) is 0 Å². The highest BCUT2D eigenvalue weighted by Gasteiger charge is 2.24. The summed E-state index contributed by atoms with van der Waals surface area (Å²) in [5.74, 6) is 0.640. The maximum absolute atomic E-state index is 12.0. The van der Waals surface area contributed by atoms with Crippen LogP contribution in [0.5, 0.6) is 0 Å². The van der Waals surface area contributed by atoms with Crippen LogP contribution >= 0.6 is 11.6 Å². The van der Waals surface area contributed by atoms with E-state index >= 15 is 0 Å². The largest absolute Gasteiger partial charge is 0.342 e. The van der Waals surface area contributed by atoms with Crippen LogP contribution in [-0.4, -0.2) is 30.4 Å². The summed E-state index contributed by atoms with van der Waals surface area (Å²) < 4.78 is 0. The number of rotatable bonds is 3. The molecular weight excluding hydrogens is 236 g/mol. The van der Waals surface area contributed by atoms with E-state index in [-0.39, 0.29) is 5.91 Å². The third kappa shape index (κ3) is 3.20. The maximum Gasteiger partial charge on any atom is 0.227 e. The molecule has 1 amide bonds. The van der Waals surface area contributed by atoms with Crippen LogP contribution in [0.1, 0.15) is 12.0 Å². The summed E-state index contributed by atoms with van der Waals surface area (Å²) in [5, 5.41) is 0.677. The number of hydrogen-bond acceptors (Lipinski definition) is 2. The summed E-state index contributed by atoms with van der Waals surface area (Å²) in [4.78, 5) is 13.9. The SMILES string of the molecule is NC[C@H]1CCN(C(=O)Cc2cccc(Cl)c2)C1. The second-order valence-corrected chi connectivity index (χ2v) is 4.97. The zero-order chi connectivity index (χ0) is 12.3. The number of carbonyl (C=O) groups is 1. The predicted molar refractivity (Wildman–Crippen MR) is 68.9 cm³/mol. The molecule has 0 bridgehead atoms. The first-order valence-electron chi connectivity index (χ1n) is 5.91. The summed E-state index contributed by atoms with van der Waals surface area (Å²) in [5.41, 5.74) is 6.58. The molecule has 1 saturated heterocycles. The smallest absolute Gasteiger partial charge is 0.227 e. The fraction of sp³-hybridized carbons (Fsp3) is 0.462. The highest BCUT2D eigenvalue weighted by Crippen LogP contribution is 2.17. The fourth-order valence-electron chi connectivity index (χ4n) is 2.18. The average Bonchev–Trinajstić information content (AvgIpc) is 2.77. The van der Waals surface area contributed by atoms with Crippen LogP contribution in [0.4, 0.5) is 0 Å². The summed E-state index contributed by atoms with van der Waals surface area (Å²) >= 11 is 5.89. The second kappa shape index (κ2) is 5.52. The number of halogens is 1. The Morgan fingerprint density at radius 3 is 3.00 bits per heavy atom. The van der Waals surface area contributed by atoms with Gasteiger partial charge in [-0.2, -0.15) is 0 Å². The maximum atomic E-state index is 12.0. The minimum Gasteiger partial charge on any atom is -0.342 e. The zero-order valence-electron chi connectivity index (χ0n) is 9.73. The molecule has 1 aromatic rings. The van der Waals surface area contributed by atoms with Crippen LogP contribution in [0.2, 0.25) is 5.02 Å². The van der Waals surface area contributed by atoms with Gasteiger partial charge in [-0.1, -0.05) is 23.7 Å². The molecule has 17 heavy (non-hydrogen) atoms.